The molecular weight excluding hydrogens is 218 g/mol. The molecule has 0 saturated heterocycles. The van der Waals surface area contributed by atoms with Crippen LogP contribution >= 0.6 is 0 Å². The van der Waals surface area contributed by atoms with E-state index in [2.05, 4.69) is 43.4 Å². The standard InChI is InChI=1S/C17H27N/c1-3-11-18-13-17(16-5-4-6-16)12-15-9-7-14(2)8-10-15/h7-10,16-18H,3-6,11-13H2,1-2H3. The summed E-state index contributed by atoms with van der Waals surface area (Å²) in [4.78, 5) is 0. The van der Waals surface area contributed by atoms with Crippen LogP contribution in [-0.2, 0) is 6.42 Å². The van der Waals surface area contributed by atoms with E-state index in [1.807, 2.05) is 0 Å². The Labute approximate surface area is 112 Å². The van der Waals surface area contributed by atoms with Crippen molar-refractivity contribution in [3.63, 3.8) is 0 Å². The van der Waals surface area contributed by atoms with Crippen LogP contribution in [0.25, 0.3) is 0 Å². The number of benzene rings is 1. The van der Waals surface area contributed by atoms with Gasteiger partial charge in [-0.3, -0.25) is 0 Å². The Hall–Kier alpha value is -0.820. The van der Waals surface area contributed by atoms with Gasteiger partial charge >= 0.3 is 0 Å². The minimum atomic E-state index is 0.841. The number of rotatable bonds is 7. The van der Waals surface area contributed by atoms with Gasteiger partial charge in [-0.25, -0.2) is 0 Å². The Morgan fingerprint density at radius 1 is 1.22 bits per heavy atom. The Morgan fingerprint density at radius 3 is 2.50 bits per heavy atom. The third-order valence-electron chi connectivity index (χ3n) is 4.27. The molecule has 1 N–H and O–H groups in total. The van der Waals surface area contributed by atoms with Crippen molar-refractivity contribution in [2.75, 3.05) is 13.1 Å². The molecule has 1 nitrogen and oxygen atoms in total. The predicted molar refractivity (Wildman–Crippen MR) is 78.9 cm³/mol. The van der Waals surface area contributed by atoms with Crippen molar-refractivity contribution in [3.8, 4) is 0 Å². The van der Waals surface area contributed by atoms with Crippen molar-refractivity contribution in [1.82, 2.24) is 5.32 Å². The van der Waals surface area contributed by atoms with Crippen LogP contribution in [0.1, 0.15) is 43.7 Å². The van der Waals surface area contributed by atoms with Gasteiger partial charge in [-0.15, -0.1) is 0 Å². The highest BCUT2D eigenvalue weighted by Gasteiger charge is 2.26. The summed E-state index contributed by atoms with van der Waals surface area (Å²) in [6.45, 7) is 6.77. The SMILES string of the molecule is CCCNCC(Cc1ccc(C)cc1)C1CCC1. The van der Waals surface area contributed by atoms with Crippen molar-refractivity contribution in [1.29, 1.82) is 0 Å². The lowest BCUT2D eigenvalue weighted by molar-refractivity contribution is 0.200. The largest absolute Gasteiger partial charge is 0.316 e. The van der Waals surface area contributed by atoms with Crippen LogP contribution in [0.15, 0.2) is 24.3 Å². The fraction of sp³-hybridized carbons (Fsp3) is 0.647. The zero-order chi connectivity index (χ0) is 12.8. The smallest absolute Gasteiger partial charge is 0.00147 e. The van der Waals surface area contributed by atoms with E-state index in [4.69, 9.17) is 0 Å². The highest BCUT2D eigenvalue weighted by atomic mass is 14.9. The lowest BCUT2D eigenvalue weighted by Gasteiger charge is -2.34. The van der Waals surface area contributed by atoms with Gasteiger partial charge in [0.1, 0.15) is 0 Å². The second kappa shape index (κ2) is 6.94. The molecule has 1 unspecified atom stereocenters. The lowest BCUT2D eigenvalue weighted by atomic mass is 9.73. The fourth-order valence-corrected chi connectivity index (χ4v) is 2.81. The maximum atomic E-state index is 3.62. The highest BCUT2D eigenvalue weighted by Crippen LogP contribution is 2.35. The van der Waals surface area contributed by atoms with E-state index in [1.165, 1.54) is 49.8 Å². The van der Waals surface area contributed by atoms with Crippen LogP contribution in [0.4, 0.5) is 0 Å². The van der Waals surface area contributed by atoms with Gasteiger partial charge in [-0.1, -0.05) is 56.0 Å². The molecule has 2 rings (SSSR count). The third-order valence-corrected chi connectivity index (χ3v) is 4.27. The second-order valence-corrected chi connectivity index (χ2v) is 5.84. The average molecular weight is 245 g/mol. The summed E-state index contributed by atoms with van der Waals surface area (Å²) >= 11 is 0. The van der Waals surface area contributed by atoms with E-state index in [9.17, 15) is 0 Å². The highest BCUT2D eigenvalue weighted by molar-refractivity contribution is 5.21. The predicted octanol–water partition coefficient (Wildman–Crippen LogP) is 3.95. The summed E-state index contributed by atoms with van der Waals surface area (Å²) in [7, 11) is 0. The van der Waals surface area contributed by atoms with E-state index in [-0.39, 0.29) is 0 Å². The lowest BCUT2D eigenvalue weighted by Crippen LogP contribution is -2.33. The average Bonchev–Trinajstić information content (AvgIpc) is 2.30. The van der Waals surface area contributed by atoms with Crippen LogP contribution < -0.4 is 5.32 Å². The van der Waals surface area contributed by atoms with Crippen LogP contribution in [0, 0.1) is 18.8 Å². The molecule has 0 spiro atoms. The quantitative estimate of drug-likeness (QED) is 0.717. The summed E-state index contributed by atoms with van der Waals surface area (Å²) < 4.78 is 0. The van der Waals surface area contributed by atoms with Crippen molar-refractivity contribution >= 4 is 0 Å². The first-order valence-corrected chi connectivity index (χ1v) is 7.56. The second-order valence-electron chi connectivity index (χ2n) is 5.84. The topological polar surface area (TPSA) is 12.0 Å². The van der Waals surface area contributed by atoms with Crippen LogP contribution in [0.3, 0.4) is 0 Å². The maximum Gasteiger partial charge on any atom is -0.00147 e. The molecule has 1 saturated carbocycles. The molecule has 0 bridgehead atoms. The van der Waals surface area contributed by atoms with E-state index < -0.39 is 0 Å². The van der Waals surface area contributed by atoms with E-state index >= 15 is 0 Å². The maximum absolute atomic E-state index is 3.62. The number of hydrogen-bond acceptors (Lipinski definition) is 1. The molecule has 1 atom stereocenters. The van der Waals surface area contributed by atoms with Crippen LogP contribution in [0.5, 0.6) is 0 Å². The Kier molecular flexibility index (Phi) is 5.25. The molecule has 0 aromatic heterocycles. The van der Waals surface area contributed by atoms with Gasteiger partial charge in [-0.05, 0) is 50.3 Å². The summed E-state index contributed by atoms with van der Waals surface area (Å²) in [5, 5.41) is 3.62. The van der Waals surface area contributed by atoms with Crippen LogP contribution in [-0.4, -0.2) is 13.1 Å². The molecule has 1 heteroatoms. The molecule has 18 heavy (non-hydrogen) atoms. The first-order valence-electron chi connectivity index (χ1n) is 7.56. The fourth-order valence-electron chi connectivity index (χ4n) is 2.81. The number of aryl methyl sites for hydroxylation is 1. The first kappa shape index (κ1) is 13.6. The normalized spacial score (nSPS) is 17.4. The molecule has 1 aromatic rings. The number of hydrogen-bond donors (Lipinski definition) is 1. The molecule has 0 aliphatic heterocycles. The zero-order valence-electron chi connectivity index (χ0n) is 11.9. The molecule has 0 radical (unpaired) electrons. The molecular formula is C17H27N. The molecule has 0 heterocycles. The molecule has 1 fully saturated rings. The Morgan fingerprint density at radius 2 is 1.94 bits per heavy atom. The van der Waals surface area contributed by atoms with Crippen molar-refractivity contribution < 1.29 is 0 Å². The summed E-state index contributed by atoms with van der Waals surface area (Å²) in [5.41, 5.74) is 2.87. The minimum Gasteiger partial charge on any atom is -0.316 e. The monoisotopic (exact) mass is 245 g/mol. The minimum absolute atomic E-state index is 0.841. The van der Waals surface area contributed by atoms with Gasteiger partial charge < -0.3 is 5.32 Å². The van der Waals surface area contributed by atoms with Crippen molar-refractivity contribution in [2.24, 2.45) is 11.8 Å². The zero-order valence-corrected chi connectivity index (χ0v) is 11.9. The van der Waals surface area contributed by atoms with Crippen LogP contribution in [0.2, 0.25) is 0 Å². The van der Waals surface area contributed by atoms with E-state index in [0.29, 0.717) is 0 Å². The summed E-state index contributed by atoms with van der Waals surface area (Å²) in [5.74, 6) is 1.81. The Bertz CT molecular complexity index is 337. The van der Waals surface area contributed by atoms with Gasteiger partial charge in [0, 0.05) is 0 Å². The van der Waals surface area contributed by atoms with Gasteiger partial charge in [-0.2, -0.15) is 0 Å². The summed E-state index contributed by atoms with van der Waals surface area (Å²) in [6, 6.07) is 9.10. The Balaban J connectivity index is 1.89. The summed E-state index contributed by atoms with van der Waals surface area (Å²) in [6.07, 6.45) is 6.83. The van der Waals surface area contributed by atoms with Gasteiger partial charge in [0.15, 0.2) is 0 Å². The molecule has 0 amide bonds. The molecule has 1 aromatic carbocycles. The van der Waals surface area contributed by atoms with E-state index in [1.54, 1.807) is 0 Å². The van der Waals surface area contributed by atoms with Crippen molar-refractivity contribution in [3.05, 3.63) is 35.4 Å². The number of nitrogens with one attached hydrogen (secondary N) is 1. The van der Waals surface area contributed by atoms with Gasteiger partial charge in [0.05, 0.1) is 0 Å². The van der Waals surface area contributed by atoms with Crippen molar-refractivity contribution in [2.45, 2.75) is 46.0 Å². The van der Waals surface area contributed by atoms with Gasteiger partial charge in [0.25, 0.3) is 0 Å². The molecule has 100 valence electrons. The third kappa shape index (κ3) is 3.84. The van der Waals surface area contributed by atoms with E-state index in [0.717, 1.165) is 18.4 Å². The molecule has 1 aliphatic rings. The molecule has 1 aliphatic carbocycles. The van der Waals surface area contributed by atoms with Gasteiger partial charge in [0.2, 0.25) is 0 Å². The first-order chi connectivity index (χ1) is 8.79.